The van der Waals surface area contributed by atoms with Crippen LogP contribution in [0.2, 0.25) is 0 Å². The van der Waals surface area contributed by atoms with Crippen LogP contribution in [-0.4, -0.2) is 36.7 Å². The van der Waals surface area contributed by atoms with Gasteiger partial charge in [-0.05, 0) is 37.4 Å². The monoisotopic (exact) mass is 260 g/mol. The summed E-state index contributed by atoms with van der Waals surface area (Å²) in [6.45, 7) is 3.68. The average Bonchev–Trinajstić information content (AvgIpc) is 2.47. The van der Waals surface area contributed by atoms with Gasteiger partial charge in [0.1, 0.15) is 6.61 Å². The molecule has 4 nitrogen and oxygen atoms in total. The lowest BCUT2D eigenvalue weighted by atomic mass is 9.84. The molecule has 1 aromatic carbocycles. The molecule has 3 aliphatic rings. The van der Waals surface area contributed by atoms with Crippen LogP contribution in [0, 0.1) is 5.92 Å². The van der Waals surface area contributed by atoms with Gasteiger partial charge in [0, 0.05) is 12.6 Å². The first-order chi connectivity index (χ1) is 9.31. The minimum Gasteiger partial charge on any atom is -0.445 e. The van der Waals surface area contributed by atoms with Gasteiger partial charge in [-0.3, -0.25) is 0 Å². The summed E-state index contributed by atoms with van der Waals surface area (Å²) in [5.74, 6) is 0.634. The lowest BCUT2D eigenvalue weighted by Crippen LogP contribution is -2.57. The highest BCUT2D eigenvalue weighted by atomic mass is 16.5. The normalized spacial score (nSPS) is 28.9. The van der Waals surface area contributed by atoms with Gasteiger partial charge in [-0.2, -0.15) is 0 Å². The van der Waals surface area contributed by atoms with Crippen molar-refractivity contribution in [2.75, 3.05) is 19.6 Å². The Bertz CT molecular complexity index is 427. The Balaban J connectivity index is 1.46. The number of benzene rings is 1. The molecule has 3 aliphatic heterocycles. The van der Waals surface area contributed by atoms with Crippen molar-refractivity contribution in [3.63, 3.8) is 0 Å². The minimum absolute atomic E-state index is 0.269. The van der Waals surface area contributed by atoms with Crippen LogP contribution in [0.25, 0.3) is 0 Å². The molecule has 3 fully saturated rings. The van der Waals surface area contributed by atoms with Crippen molar-refractivity contribution < 1.29 is 9.53 Å². The van der Waals surface area contributed by atoms with Crippen molar-refractivity contribution in [1.29, 1.82) is 0 Å². The fraction of sp³-hybridized carbons (Fsp3) is 0.533. The van der Waals surface area contributed by atoms with E-state index in [1.54, 1.807) is 0 Å². The van der Waals surface area contributed by atoms with Crippen LogP contribution in [0.5, 0.6) is 0 Å². The molecular weight excluding hydrogens is 240 g/mol. The molecule has 0 spiro atoms. The smallest absolute Gasteiger partial charge is 0.407 e. The lowest BCUT2D eigenvalue weighted by molar-refractivity contribution is 0.0642. The number of hydrogen-bond acceptors (Lipinski definition) is 3. The van der Waals surface area contributed by atoms with Gasteiger partial charge in [-0.1, -0.05) is 30.3 Å². The Morgan fingerprint density at radius 3 is 2.63 bits per heavy atom. The number of rotatable bonds is 3. The van der Waals surface area contributed by atoms with Gasteiger partial charge in [-0.15, -0.1) is 0 Å². The number of fused-ring (bicyclic) bond motifs is 3. The van der Waals surface area contributed by atoms with Crippen molar-refractivity contribution in [3.05, 3.63) is 35.9 Å². The van der Waals surface area contributed by atoms with E-state index in [1.165, 1.54) is 25.9 Å². The standard InChI is InChI=1S/C15H20N2O2/c18-15(19-11-12-4-2-1-3-5-12)16-14-10-17-8-6-13(14)7-9-17/h1-5,13-14H,6-11H2,(H,16,18). The molecule has 0 saturated carbocycles. The molecule has 2 bridgehead atoms. The number of carbonyl (C=O) groups excluding carboxylic acids is 1. The largest absolute Gasteiger partial charge is 0.445 e. The summed E-state index contributed by atoms with van der Waals surface area (Å²) < 4.78 is 5.27. The summed E-state index contributed by atoms with van der Waals surface area (Å²) in [6.07, 6.45) is 2.11. The predicted molar refractivity (Wildman–Crippen MR) is 72.7 cm³/mol. The number of piperidine rings is 3. The van der Waals surface area contributed by atoms with Gasteiger partial charge in [0.2, 0.25) is 0 Å². The SMILES string of the molecule is O=C(NC1CN2CCC1CC2)OCc1ccccc1. The van der Waals surface area contributed by atoms with E-state index in [-0.39, 0.29) is 12.1 Å². The molecule has 4 heteroatoms. The second kappa shape index (κ2) is 5.61. The second-order valence-electron chi connectivity index (χ2n) is 5.45. The molecule has 19 heavy (non-hydrogen) atoms. The minimum atomic E-state index is -0.289. The number of nitrogens with one attached hydrogen (secondary N) is 1. The lowest BCUT2D eigenvalue weighted by Gasteiger charge is -2.44. The third kappa shape index (κ3) is 3.07. The first-order valence-corrected chi connectivity index (χ1v) is 7.01. The van der Waals surface area contributed by atoms with E-state index in [9.17, 15) is 4.79 Å². The van der Waals surface area contributed by atoms with Gasteiger partial charge in [-0.25, -0.2) is 4.79 Å². The molecule has 3 saturated heterocycles. The molecule has 1 N–H and O–H groups in total. The fourth-order valence-corrected chi connectivity index (χ4v) is 3.04. The summed E-state index contributed by atoms with van der Waals surface area (Å²) >= 11 is 0. The summed E-state index contributed by atoms with van der Waals surface area (Å²) in [5.41, 5.74) is 1.02. The summed E-state index contributed by atoms with van der Waals surface area (Å²) in [5, 5.41) is 3.02. The van der Waals surface area contributed by atoms with E-state index >= 15 is 0 Å². The van der Waals surface area contributed by atoms with Crippen LogP contribution in [0.4, 0.5) is 4.79 Å². The molecule has 1 amide bonds. The summed E-state index contributed by atoms with van der Waals surface area (Å²) in [6, 6.07) is 10.0. The fourth-order valence-electron chi connectivity index (χ4n) is 3.04. The second-order valence-corrected chi connectivity index (χ2v) is 5.45. The van der Waals surface area contributed by atoms with Crippen LogP contribution in [-0.2, 0) is 11.3 Å². The predicted octanol–water partition coefficient (Wildman–Crippen LogP) is 2.01. The van der Waals surface area contributed by atoms with Crippen molar-refractivity contribution in [1.82, 2.24) is 10.2 Å². The Hall–Kier alpha value is -1.55. The molecule has 0 aromatic heterocycles. The third-order valence-electron chi connectivity index (χ3n) is 4.17. The highest BCUT2D eigenvalue weighted by Crippen LogP contribution is 2.27. The third-order valence-corrected chi connectivity index (χ3v) is 4.17. The highest BCUT2D eigenvalue weighted by molar-refractivity contribution is 5.67. The van der Waals surface area contributed by atoms with Crippen molar-refractivity contribution in [2.45, 2.75) is 25.5 Å². The summed E-state index contributed by atoms with van der Waals surface area (Å²) in [7, 11) is 0. The molecule has 4 rings (SSSR count). The van der Waals surface area contributed by atoms with Crippen LogP contribution in [0.15, 0.2) is 30.3 Å². The van der Waals surface area contributed by atoms with Gasteiger partial charge in [0.25, 0.3) is 0 Å². The van der Waals surface area contributed by atoms with Crippen molar-refractivity contribution in [3.8, 4) is 0 Å². The molecule has 102 valence electrons. The first-order valence-electron chi connectivity index (χ1n) is 7.01. The zero-order valence-electron chi connectivity index (χ0n) is 11.0. The molecule has 0 aliphatic carbocycles. The molecule has 1 atom stereocenters. The first kappa shape index (κ1) is 12.5. The quantitative estimate of drug-likeness (QED) is 0.904. The van der Waals surface area contributed by atoms with E-state index in [2.05, 4.69) is 10.2 Å². The number of carbonyl (C=O) groups is 1. The number of amides is 1. The molecule has 0 radical (unpaired) electrons. The zero-order chi connectivity index (χ0) is 13.1. The maximum atomic E-state index is 11.8. The van der Waals surface area contributed by atoms with E-state index < -0.39 is 0 Å². The number of alkyl carbamates (subject to hydrolysis) is 1. The summed E-state index contributed by atoms with van der Waals surface area (Å²) in [4.78, 5) is 14.2. The number of nitrogens with zero attached hydrogens (tertiary/aromatic N) is 1. The zero-order valence-corrected chi connectivity index (χ0v) is 11.0. The average molecular weight is 260 g/mol. The van der Waals surface area contributed by atoms with E-state index in [0.717, 1.165) is 12.1 Å². The Morgan fingerprint density at radius 2 is 2.00 bits per heavy atom. The maximum absolute atomic E-state index is 11.8. The highest BCUT2D eigenvalue weighted by Gasteiger charge is 2.35. The van der Waals surface area contributed by atoms with Crippen LogP contribution < -0.4 is 5.32 Å². The van der Waals surface area contributed by atoms with Crippen molar-refractivity contribution >= 4 is 6.09 Å². The van der Waals surface area contributed by atoms with Gasteiger partial charge in [0.05, 0.1) is 0 Å². The van der Waals surface area contributed by atoms with Gasteiger partial charge >= 0.3 is 6.09 Å². The Kier molecular flexibility index (Phi) is 3.69. The van der Waals surface area contributed by atoms with Crippen LogP contribution in [0.1, 0.15) is 18.4 Å². The van der Waals surface area contributed by atoms with E-state index in [1.807, 2.05) is 30.3 Å². The molecule has 1 unspecified atom stereocenters. The molecule has 3 heterocycles. The topological polar surface area (TPSA) is 41.6 Å². The van der Waals surface area contributed by atoms with E-state index in [0.29, 0.717) is 12.5 Å². The molecular formula is C15H20N2O2. The number of ether oxygens (including phenoxy) is 1. The van der Waals surface area contributed by atoms with Gasteiger partial charge < -0.3 is 15.0 Å². The number of hydrogen-bond donors (Lipinski definition) is 1. The van der Waals surface area contributed by atoms with Crippen LogP contribution >= 0.6 is 0 Å². The van der Waals surface area contributed by atoms with E-state index in [4.69, 9.17) is 4.74 Å². The van der Waals surface area contributed by atoms with Gasteiger partial charge in [0.15, 0.2) is 0 Å². The maximum Gasteiger partial charge on any atom is 0.407 e. The Labute approximate surface area is 113 Å². The van der Waals surface area contributed by atoms with Crippen molar-refractivity contribution in [2.24, 2.45) is 5.92 Å². The molecule has 1 aromatic rings. The van der Waals surface area contributed by atoms with Crippen LogP contribution in [0.3, 0.4) is 0 Å². The Morgan fingerprint density at radius 1 is 1.26 bits per heavy atom.